The third kappa shape index (κ3) is 2.56. The van der Waals surface area contributed by atoms with Crippen LogP contribution in [-0.2, 0) is 6.54 Å². The quantitative estimate of drug-likeness (QED) is 0.660. The Labute approximate surface area is 114 Å². The van der Waals surface area contributed by atoms with Gasteiger partial charge in [0.25, 0.3) is 5.91 Å². The van der Waals surface area contributed by atoms with Crippen LogP contribution in [0, 0.1) is 0 Å². The van der Waals surface area contributed by atoms with Gasteiger partial charge in [0.05, 0.1) is 0 Å². The van der Waals surface area contributed by atoms with Crippen LogP contribution >= 0.6 is 0 Å². The van der Waals surface area contributed by atoms with Gasteiger partial charge in [-0.05, 0) is 29.0 Å². The van der Waals surface area contributed by atoms with Gasteiger partial charge in [0.1, 0.15) is 0 Å². The van der Waals surface area contributed by atoms with Gasteiger partial charge in [0.15, 0.2) is 0 Å². The molecule has 100 valence electrons. The molecule has 20 heavy (non-hydrogen) atoms. The highest BCUT2D eigenvalue weighted by Gasteiger charge is 2.07. The van der Waals surface area contributed by atoms with E-state index in [1.54, 1.807) is 24.3 Å². The fourth-order valence-corrected chi connectivity index (χ4v) is 1.81. The number of hydrogen-bond donors (Lipinski definition) is 3. The highest BCUT2D eigenvalue weighted by Crippen LogP contribution is 2.13. The van der Waals surface area contributed by atoms with Gasteiger partial charge in [-0.2, -0.15) is 5.21 Å². The van der Waals surface area contributed by atoms with Crippen LogP contribution in [0.15, 0.2) is 42.7 Å². The van der Waals surface area contributed by atoms with Crippen LogP contribution in [-0.4, -0.2) is 31.5 Å². The first-order valence-electron chi connectivity index (χ1n) is 6.07. The maximum absolute atomic E-state index is 12.0. The summed E-state index contributed by atoms with van der Waals surface area (Å²) in [5.41, 5.74) is 2.43. The van der Waals surface area contributed by atoms with Gasteiger partial charge in [-0.25, -0.2) is 0 Å². The normalized spacial score (nSPS) is 10.4. The molecule has 3 aromatic rings. The molecular weight excluding hydrogens is 256 g/mol. The minimum Gasteiger partial charge on any atom is -0.367 e. The molecule has 2 heterocycles. The molecule has 7 heteroatoms. The predicted molar refractivity (Wildman–Crippen MR) is 71.6 cm³/mol. The Balaban J connectivity index is 1.66. The van der Waals surface area contributed by atoms with E-state index in [2.05, 4.69) is 30.9 Å². The van der Waals surface area contributed by atoms with Gasteiger partial charge in [0, 0.05) is 30.1 Å². The molecule has 3 N–H and O–H groups in total. The van der Waals surface area contributed by atoms with Gasteiger partial charge in [0.2, 0.25) is 5.82 Å². The Bertz CT molecular complexity index is 672. The number of amides is 1. The van der Waals surface area contributed by atoms with Crippen molar-refractivity contribution in [1.82, 2.24) is 30.9 Å². The van der Waals surface area contributed by atoms with Crippen molar-refractivity contribution in [1.29, 1.82) is 0 Å². The van der Waals surface area contributed by atoms with Gasteiger partial charge >= 0.3 is 0 Å². The van der Waals surface area contributed by atoms with Gasteiger partial charge < -0.3 is 10.3 Å². The number of hydrogen-bond acceptors (Lipinski definition) is 4. The van der Waals surface area contributed by atoms with E-state index >= 15 is 0 Å². The molecule has 0 bridgehead atoms. The average molecular weight is 268 g/mol. The lowest BCUT2D eigenvalue weighted by Gasteiger charge is -2.04. The molecule has 0 atom stereocenters. The Hall–Kier alpha value is -2.96. The average Bonchev–Trinajstić information content (AvgIpc) is 3.18. The lowest BCUT2D eigenvalue weighted by molar-refractivity contribution is 0.0951. The number of nitrogens with zero attached hydrogens (tertiary/aromatic N) is 3. The van der Waals surface area contributed by atoms with Crippen LogP contribution in [0.25, 0.3) is 11.4 Å². The van der Waals surface area contributed by atoms with E-state index in [-0.39, 0.29) is 5.91 Å². The predicted octanol–water partition coefficient (Wildman–Crippen LogP) is 1.12. The Morgan fingerprint density at radius 2 is 2.05 bits per heavy atom. The highest BCUT2D eigenvalue weighted by atomic mass is 16.1. The second-order valence-corrected chi connectivity index (χ2v) is 4.21. The van der Waals surface area contributed by atoms with Crippen LogP contribution in [0.4, 0.5) is 0 Å². The number of tetrazole rings is 1. The minimum atomic E-state index is -0.120. The summed E-state index contributed by atoms with van der Waals surface area (Å²) in [6.45, 7) is 0.495. The summed E-state index contributed by atoms with van der Waals surface area (Å²) in [6.07, 6.45) is 3.67. The summed E-state index contributed by atoms with van der Waals surface area (Å²) in [7, 11) is 0. The molecule has 0 aliphatic carbocycles. The number of aromatic nitrogens is 5. The maximum Gasteiger partial charge on any atom is 0.251 e. The first-order chi connectivity index (χ1) is 9.83. The van der Waals surface area contributed by atoms with E-state index in [1.165, 1.54) is 0 Å². The van der Waals surface area contributed by atoms with Gasteiger partial charge in [-0.15, -0.1) is 10.2 Å². The van der Waals surface area contributed by atoms with E-state index in [9.17, 15) is 4.79 Å². The summed E-state index contributed by atoms with van der Waals surface area (Å²) >= 11 is 0. The van der Waals surface area contributed by atoms with Crippen molar-refractivity contribution < 1.29 is 4.79 Å². The monoisotopic (exact) mass is 268 g/mol. The molecule has 3 rings (SSSR count). The molecule has 0 radical (unpaired) electrons. The summed E-state index contributed by atoms with van der Waals surface area (Å²) < 4.78 is 0. The third-order valence-electron chi connectivity index (χ3n) is 2.87. The molecule has 0 unspecified atom stereocenters. The maximum atomic E-state index is 12.0. The lowest BCUT2D eigenvalue weighted by Crippen LogP contribution is -2.22. The van der Waals surface area contributed by atoms with E-state index in [1.807, 2.05) is 18.5 Å². The van der Waals surface area contributed by atoms with Crippen LogP contribution in [0.3, 0.4) is 0 Å². The Morgan fingerprint density at radius 3 is 2.70 bits per heavy atom. The zero-order chi connectivity index (χ0) is 13.8. The highest BCUT2D eigenvalue weighted by molar-refractivity contribution is 5.94. The zero-order valence-corrected chi connectivity index (χ0v) is 10.5. The Kier molecular flexibility index (Phi) is 3.24. The van der Waals surface area contributed by atoms with Crippen LogP contribution in [0.1, 0.15) is 15.9 Å². The number of carbonyl (C=O) groups is 1. The standard InChI is InChI=1S/C13H12N6O/c20-13(15-8-9-5-6-14-7-9)11-3-1-10(2-4-11)12-16-18-19-17-12/h1-7,14H,8H2,(H,15,20)(H,16,17,18,19). The number of nitrogens with one attached hydrogen (secondary N) is 3. The molecule has 0 aliphatic heterocycles. The first kappa shape index (κ1) is 12.1. The number of rotatable bonds is 4. The van der Waals surface area contributed by atoms with Crippen LogP contribution < -0.4 is 5.32 Å². The molecule has 0 fully saturated rings. The van der Waals surface area contributed by atoms with Crippen molar-refractivity contribution in [2.75, 3.05) is 0 Å². The van der Waals surface area contributed by atoms with Crippen molar-refractivity contribution in [2.45, 2.75) is 6.54 Å². The zero-order valence-electron chi connectivity index (χ0n) is 10.5. The molecule has 2 aromatic heterocycles. The fourth-order valence-electron chi connectivity index (χ4n) is 1.81. The molecular formula is C13H12N6O. The van der Waals surface area contributed by atoms with Gasteiger partial charge in [-0.3, -0.25) is 4.79 Å². The lowest BCUT2D eigenvalue weighted by atomic mass is 10.1. The van der Waals surface area contributed by atoms with Crippen molar-refractivity contribution in [3.05, 3.63) is 53.9 Å². The molecule has 0 aliphatic rings. The number of aromatic amines is 2. The number of benzene rings is 1. The van der Waals surface area contributed by atoms with Crippen molar-refractivity contribution in [2.24, 2.45) is 0 Å². The summed E-state index contributed by atoms with van der Waals surface area (Å²) in [4.78, 5) is 14.9. The van der Waals surface area contributed by atoms with Gasteiger partial charge in [-0.1, -0.05) is 12.1 Å². The third-order valence-corrected chi connectivity index (χ3v) is 2.87. The molecule has 1 aromatic carbocycles. The minimum absolute atomic E-state index is 0.120. The van der Waals surface area contributed by atoms with E-state index in [4.69, 9.17) is 0 Å². The van der Waals surface area contributed by atoms with E-state index in [0.29, 0.717) is 17.9 Å². The van der Waals surface area contributed by atoms with Crippen molar-refractivity contribution in [3.63, 3.8) is 0 Å². The summed E-state index contributed by atoms with van der Waals surface area (Å²) in [5, 5.41) is 16.5. The Morgan fingerprint density at radius 1 is 1.20 bits per heavy atom. The molecule has 7 nitrogen and oxygen atoms in total. The summed E-state index contributed by atoms with van der Waals surface area (Å²) in [6, 6.07) is 8.96. The smallest absolute Gasteiger partial charge is 0.251 e. The van der Waals surface area contributed by atoms with E-state index < -0.39 is 0 Å². The molecule has 0 saturated heterocycles. The number of carbonyl (C=O) groups excluding carboxylic acids is 1. The second kappa shape index (κ2) is 5.35. The number of H-pyrrole nitrogens is 2. The SMILES string of the molecule is O=C(NCc1cc[nH]c1)c1ccc(-c2nn[nH]n2)cc1. The first-order valence-corrected chi connectivity index (χ1v) is 6.07. The largest absolute Gasteiger partial charge is 0.367 e. The molecule has 1 amide bonds. The molecule has 0 spiro atoms. The fraction of sp³-hybridized carbons (Fsp3) is 0.0769. The van der Waals surface area contributed by atoms with Crippen LogP contribution in [0.5, 0.6) is 0 Å². The summed E-state index contributed by atoms with van der Waals surface area (Å²) in [5.74, 6) is 0.384. The van der Waals surface area contributed by atoms with Crippen molar-refractivity contribution in [3.8, 4) is 11.4 Å². The molecule has 0 saturated carbocycles. The topological polar surface area (TPSA) is 99.4 Å². The second-order valence-electron chi connectivity index (χ2n) is 4.21. The van der Waals surface area contributed by atoms with Crippen molar-refractivity contribution >= 4 is 5.91 Å². The van der Waals surface area contributed by atoms with E-state index in [0.717, 1.165) is 11.1 Å². The van der Waals surface area contributed by atoms with Crippen LogP contribution in [0.2, 0.25) is 0 Å².